The van der Waals surface area contributed by atoms with Crippen molar-refractivity contribution in [3.05, 3.63) is 54.6 Å². The number of rotatable bonds is 8. The Labute approximate surface area is 194 Å². The molecule has 1 aliphatic carbocycles. The Kier molecular flexibility index (Phi) is 7.47. The van der Waals surface area contributed by atoms with Crippen molar-refractivity contribution >= 4 is 17.7 Å². The van der Waals surface area contributed by atoms with E-state index in [-0.39, 0.29) is 5.91 Å². The Morgan fingerprint density at radius 1 is 1.09 bits per heavy atom. The average molecular weight is 451 g/mol. The van der Waals surface area contributed by atoms with Crippen LogP contribution in [0.15, 0.2) is 59.8 Å². The standard InChI is InChI=1S/C25H30N4O2S/c1-3-28(20-12-6-4-7-13-20)23(30)18-32-25-27-26-24(19-11-10-16-22(17-19)31-2)29(25)21-14-8-5-9-15-21/h5,8-11,14-17,20H,3-4,6-7,12-13,18H2,1-2H3. The number of carbonyl (C=O) groups is 1. The number of para-hydroxylation sites is 1. The zero-order valence-corrected chi connectivity index (χ0v) is 19.6. The lowest BCUT2D eigenvalue weighted by molar-refractivity contribution is -0.131. The summed E-state index contributed by atoms with van der Waals surface area (Å²) >= 11 is 1.45. The second-order valence-electron chi connectivity index (χ2n) is 7.97. The molecule has 1 heterocycles. The molecule has 0 bridgehead atoms. The van der Waals surface area contributed by atoms with Crippen LogP contribution in [-0.4, -0.2) is 51.0 Å². The van der Waals surface area contributed by atoms with Crippen molar-refractivity contribution in [3.8, 4) is 22.8 Å². The zero-order valence-electron chi connectivity index (χ0n) is 18.7. The third-order valence-electron chi connectivity index (χ3n) is 5.98. The predicted molar refractivity (Wildman–Crippen MR) is 128 cm³/mol. The van der Waals surface area contributed by atoms with Crippen molar-refractivity contribution in [3.63, 3.8) is 0 Å². The minimum Gasteiger partial charge on any atom is -0.497 e. The molecule has 1 aromatic heterocycles. The summed E-state index contributed by atoms with van der Waals surface area (Å²) in [6.07, 6.45) is 5.95. The van der Waals surface area contributed by atoms with E-state index in [0.717, 1.165) is 42.2 Å². The van der Waals surface area contributed by atoms with E-state index in [0.29, 0.717) is 17.0 Å². The maximum atomic E-state index is 13.1. The van der Waals surface area contributed by atoms with E-state index >= 15 is 0 Å². The van der Waals surface area contributed by atoms with Gasteiger partial charge in [-0.25, -0.2) is 0 Å². The fourth-order valence-corrected chi connectivity index (χ4v) is 5.20. The summed E-state index contributed by atoms with van der Waals surface area (Å²) in [6, 6.07) is 18.2. The van der Waals surface area contributed by atoms with Gasteiger partial charge in [0.05, 0.1) is 12.9 Å². The zero-order chi connectivity index (χ0) is 22.3. The molecule has 4 rings (SSSR count). The van der Waals surface area contributed by atoms with E-state index in [2.05, 4.69) is 22.0 Å². The van der Waals surface area contributed by atoms with E-state index in [9.17, 15) is 4.79 Å². The first-order chi connectivity index (χ1) is 15.7. The normalized spacial score (nSPS) is 14.3. The molecule has 0 N–H and O–H groups in total. The average Bonchev–Trinajstić information content (AvgIpc) is 3.28. The summed E-state index contributed by atoms with van der Waals surface area (Å²) in [6.45, 7) is 2.83. The van der Waals surface area contributed by atoms with Crippen LogP contribution in [0.4, 0.5) is 0 Å². The molecule has 2 aromatic carbocycles. The minimum absolute atomic E-state index is 0.176. The number of thioether (sulfide) groups is 1. The number of hydrogen-bond donors (Lipinski definition) is 0. The number of nitrogens with zero attached hydrogens (tertiary/aromatic N) is 4. The van der Waals surface area contributed by atoms with Gasteiger partial charge < -0.3 is 9.64 Å². The third kappa shape index (κ3) is 4.99. The Morgan fingerprint density at radius 2 is 1.88 bits per heavy atom. The molecule has 0 aliphatic heterocycles. The summed E-state index contributed by atoms with van der Waals surface area (Å²) in [5.74, 6) is 2.02. The molecule has 0 unspecified atom stereocenters. The summed E-state index contributed by atoms with van der Waals surface area (Å²) < 4.78 is 7.41. The van der Waals surface area contributed by atoms with Crippen LogP contribution in [0.3, 0.4) is 0 Å². The molecule has 1 fully saturated rings. The van der Waals surface area contributed by atoms with Crippen molar-refractivity contribution in [2.75, 3.05) is 19.4 Å². The highest BCUT2D eigenvalue weighted by molar-refractivity contribution is 7.99. The first-order valence-electron chi connectivity index (χ1n) is 11.3. The van der Waals surface area contributed by atoms with Gasteiger partial charge in [-0.3, -0.25) is 9.36 Å². The third-order valence-corrected chi connectivity index (χ3v) is 6.89. The molecule has 0 spiro atoms. The number of benzene rings is 2. The molecule has 1 amide bonds. The summed E-state index contributed by atoms with van der Waals surface area (Å²) in [5, 5.41) is 9.65. The number of carbonyl (C=O) groups excluding carboxylic acids is 1. The van der Waals surface area contributed by atoms with Gasteiger partial charge in [0.25, 0.3) is 0 Å². The van der Waals surface area contributed by atoms with Gasteiger partial charge in [-0.15, -0.1) is 10.2 Å². The molecule has 0 saturated heterocycles. The molecule has 6 nitrogen and oxygen atoms in total. The SMILES string of the molecule is CCN(C(=O)CSc1nnc(-c2cccc(OC)c2)n1-c1ccccc1)C1CCCCC1. The number of aromatic nitrogens is 3. The molecule has 32 heavy (non-hydrogen) atoms. The van der Waals surface area contributed by atoms with Crippen molar-refractivity contribution in [1.82, 2.24) is 19.7 Å². The minimum atomic E-state index is 0.176. The maximum absolute atomic E-state index is 13.1. The van der Waals surface area contributed by atoms with Crippen LogP contribution in [-0.2, 0) is 4.79 Å². The van der Waals surface area contributed by atoms with Gasteiger partial charge in [0.15, 0.2) is 11.0 Å². The van der Waals surface area contributed by atoms with Crippen LogP contribution in [0, 0.1) is 0 Å². The Morgan fingerprint density at radius 3 is 2.59 bits per heavy atom. The molecular weight excluding hydrogens is 420 g/mol. The summed E-state index contributed by atoms with van der Waals surface area (Å²) in [7, 11) is 1.65. The first kappa shape index (κ1) is 22.4. The van der Waals surface area contributed by atoms with Gasteiger partial charge in [0.2, 0.25) is 5.91 Å². The van der Waals surface area contributed by atoms with Gasteiger partial charge in [-0.1, -0.05) is 61.4 Å². The number of methoxy groups -OCH3 is 1. The number of hydrogen-bond acceptors (Lipinski definition) is 5. The van der Waals surface area contributed by atoms with Crippen LogP contribution in [0.5, 0.6) is 5.75 Å². The molecule has 7 heteroatoms. The monoisotopic (exact) mass is 450 g/mol. The largest absolute Gasteiger partial charge is 0.497 e. The predicted octanol–water partition coefficient (Wildman–Crippen LogP) is 5.22. The van der Waals surface area contributed by atoms with Crippen LogP contribution in [0.2, 0.25) is 0 Å². The second-order valence-corrected chi connectivity index (χ2v) is 8.91. The lowest BCUT2D eigenvalue weighted by Gasteiger charge is -2.33. The van der Waals surface area contributed by atoms with Gasteiger partial charge >= 0.3 is 0 Å². The number of ether oxygens (including phenoxy) is 1. The van der Waals surface area contributed by atoms with Crippen LogP contribution in [0.1, 0.15) is 39.0 Å². The van der Waals surface area contributed by atoms with Crippen molar-refractivity contribution < 1.29 is 9.53 Å². The second kappa shape index (κ2) is 10.7. The molecule has 168 valence electrons. The quantitative estimate of drug-likeness (QED) is 0.441. The van der Waals surface area contributed by atoms with Gasteiger partial charge in [-0.05, 0) is 44.0 Å². The molecular formula is C25H30N4O2S. The highest BCUT2D eigenvalue weighted by Gasteiger charge is 2.25. The van der Waals surface area contributed by atoms with Crippen LogP contribution >= 0.6 is 11.8 Å². The van der Waals surface area contributed by atoms with E-state index < -0.39 is 0 Å². The van der Waals surface area contributed by atoms with E-state index in [1.807, 2.05) is 59.2 Å². The Bertz CT molecular complexity index is 1030. The lowest BCUT2D eigenvalue weighted by Crippen LogP contribution is -2.42. The molecule has 0 atom stereocenters. The fraction of sp³-hybridized carbons (Fsp3) is 0.400. The topological polar surface area (TPSA) is 60.3 Å². The number of amides is 1. The van der Waals surface area contributed by atoms with Gasteiger partial charge in [0, 0.05) is 23.8 Å². The Hall–Kier alpha value is -2.80. The van der Waals surface area contributed by atoms with Gasteiger partial charge in [0.1, 0.15) is 5.75 Å². The fourth-order valence-electron chi connectivity index (χ4n) is 4.36. The van der Waals surface area contributed by atoms with Crippen molar-refractivity contribution in [1.29, 1.82) is 0 Å². The molecule has 1 aliphatic rings. The van der Waals surface area contributed by atoms with Crippen molar-refractivity contribution in [2.45, 2.75) is 50.2 Å². The highest BCUT2D eigenvalue weighted by atomic mass is 32.2. The van der Waals surface area contributed by atoms with Crippen molar-refractivity contribution in [2.24, 2.45) is 0 Å². The maximum Gasteiger partial charge on any atom is 0.233 e. The van der Waals surface area contributed by atoms with Crippen LogP contribution < -0.4 is 4.74 Å². The smallest absolute Gasteiger partial charge is 0.233 e. The van der Waals surface area contributed by atoms with E-state index in [4.69, 9.17) is 4.74 Å². The summed E-state index contributed by atoms with van der Waals surface area (Å²) in [5.41, 5.74) is 1.88. The van der Waals surface area contributed by atoms with E-state index in [1.165, 1.54) is 31.0 Å². The molecule has 1 saturated carbocycles. The van der Waals surface area contributed by atoms with Crippen LogP contribution in [0.25, 0.3) is 17.1 Å². The lowest BCUT2D eigenvalue weighted by atomic mass is 9.94. The summed E-state index contributed by atoms with van der Waals surface area (Å²) in [4.78, 5) is 15.1. The first-order valence-corrected chi connectivity index (χ1v) is 12.3. The van der Waals surface area contributed by atoms with Gasteiger partial charge in [-0.2, -0.15) is 0 Å². The van der Waals surface area contributed by atoms with E-state index in [1.54, 1.807) is 7.11 Å². The molecule has 0 radical (unpaired) electrons. The highest BCUT2D eigenvalue weighted by Crippen LogP contribution is 2.30. The Balaban J connectivity index is 1.60. The molecule has 3 aromatic rings.